The van der Waals surface area contributed by atoms with Crippen molar-refractivity contribution in [1.82, 2.24) is 4.72 Å². The van der Waals surface area contributed by atoms with Crippen molar-refractivity contribution in [1.29, 1.82) is 0 Å². The Morgan fingerprint density at radius 2 is 2.00 bits per heavy atom. The summed E-state index contributed by atoms with van der Waals surface area (Å²) < 4.78 is 30.6. The lowest BCUT2D eigenvalue weighted by Gasteiger charge is -2.18. The van der Waals surface area contributed by atoms with E-state index in [2.05, 4.69) is 4.72 Å². The minimum absolute atomic E-state index is 0.155. The summed E-state index contributed by atoms with van der Waals surface area (Å²) >= 11 is 0. The zero-order chi connectivity index (χ0) is 11.6. The van der Waals surface area contributed by atoms with Gasteiger partial charge in [-0.2, -0.15) is 0 Å². The number of nitrogens with one attached hydrogen (secondary N) is 1. The van der Waals surface area contributed by atoms with Gasteiger partial charge in [0.05, 0.1) is 18.4 Å². The Labute approximate surface area is 95.7 Å². The zero-order valence-corrected chi connectivity index (χ0v) is 9.91. The second-order valence-corrected chi connectivity index (χ2v) is 5.77. The summed E-state index contributed by atoms with van der Waals surface area (Å²) in [7, 11) is -3.18. The molecule has 2 atom stereocenters. The van der Waals surface area contributed by atoms with E-state index >= 15 is 0 Å². The Bertz CT molecular complexity index is 444. The lowest BCUT2D eigenvalue weighted by atomic mass is 10.0. The van der Waals surface area contributed by atoms with Gasteiger partial charge in [0.1, 0.15) is 0 Å². The molecular formula is C11H15NO3S. The van der Waals surface area contributed by atoms with Gasteiger partial charge in [-0.1, -0.05) is 30.3 Å². The SMILES string of the molecule is CS(=O)(=O)NC1CCOC1c1ccccc1. The smallest absolute Gasteiger partial charge is 0.209 e. The van der Waals surface area contributed by atoms with Crippen LogP contribution in [0.2, 0.25) is 0 Å². The molecule has 1 aliphatic heterocycles. The summed E-state index contributed by atoms with van der Waals surface area (Å²) in [5, 5.41) is 0. The molecule has 0 bridgehead atoms. The average Bonchev–Trinajstić information content (AvgIpc) is 2.64. The van der Waals surface area contributed by atoms with Crippen LogP contribution in [0.5, 0.6) is 0 Å². The van der Waals surface area contributed by atoms with E-state index in [0.717, 1.165) is 5.56 Å². The van der Waals surface area contributed by atoms with Gasteiger partial charge in [0.25, 0.3) is 0 Å². The van der Waals surface area contributed by atoms with Gasteiger partial charge in [-0.3, -0.25) is 0 Å². The highest BCUT2D eigenvalue weighted by atomic mass is 32.2. The first-order valence-corrected chi connectivity index (χ1v) is 7.09. The van der Waals surface area contributed by atoms with Crippen LogP contribution in [-0.2, 0) is 14.8 Å². The van der Waals surface area contributed by atoms with Gasteiger partial charge in [-0.05, 0) is 12.0 Å². The average molecular weight is 241 g/mol. The Morgan fingerprint density at radius 1 is 1.31 bits per heavy atom. The Morgan fingerprint density at radius 3 is 2.62 bits per heavy atom. The molecule has 0 aromatic heterocycles. The highest BCUT2D eigenvalue weighted by molar-refractivity contribution is 7.88. The van der Waals surface area contributed by atoms with Crippen molar-refractivity contribution in [2.75, 3.05) is 12.9 Å². The first kappa shape index (κ1) is 11.6. The van der Waals surface area contributed by atoms with Gasteiger partial charge in [0.2, 0.25) is 10.0 Å². The second-order valence-electron chi connectivity index (χ2n) is 3.99. The Kier molecular flexibility index (Phi) is 3.28. The van der Waals surface area contributed by atoms with E-state index in [9.17, 15) is 8.42 Å². The van der Waals surface area contributed by atoms with Crippen LogP contribution in [0.3, 0.4) is 0 Å². The van der Waals surface area contributed by atoms with Crippen LogP contribution in [0.4, 0.5) is 0 Å². The van der Waals surface area contributed by atoms with Gasteiger partial charge in [-0.15, -0.1) is 0 Å². The van der Waals surface area contributed by atoms with Crippen LogP contribution in [0, 0.1) is 0 Å². The molecule has 1 aliphatic rings. The summed E-state index contributed by atoms with van der Waals surface area (Å²) in [6, 6.07) is 9.53. The monoisotopic (exact) mass is 241 g/mol. The zero-order valence-electron chi connectivity index (χ0n) is 9.09. The number of ether oxygens (including phenoxy) is 1. The van der Waals surface area contributed by atoms with Gasteiger partial charge >= 0.3 is 0 Å². The molecule has 5 heteroatoms. The van der Waals surface area contributed by atoms with E-state index in [4.69, 9.17) is 4.74 Å². The Balaban J connectivity index is 2.16. The molecule has 88 valence electrons. The van der Waals surface area contributed by atoms with E-state index in [1.165, 1.54) is 6.26 Å². The molecule has 0 saturated carbocycles. The summed E-state index contributed by atoms with van der Waals surface area (Å²) in [4.78, 5) is 0. The first-order chi connectivity index (χ1) is 7.56. The second kappa shape index (κ2) is 4.53. The van der Waals surface area contributed by atoms with Crippen LogP contribution in [-0.4, -0.2) is 27.3 Å². The van der Waals surface area contributed by atoms with Crippen LogP contribution in [0.1, 0.15) is 18.1 Å². The maximum absolute atomic E-state index is 11.2. The lowest BCUT2D eigenvalue weighted by molar-refractivity contribution is 0.102. The minimum atomic E-state index is -3.18. The van der Waals surface area contributed by atoms with Gasteiger partial charge in [0, 0.05) is 6.61 Å². The summed E-state index contributed by atoms with van der Waals surface area (Å²) in [6.07, 6.45) is 1.72. The number of benzene rings is 1. The third kappa shape index (κ3) is 2.81. The number of sulfonamides is 1. The van der Waals surface area contributed by atoms with Gasteiger partial charge in [0.15, 0.2) is 0 Å². The molecule has 1 aromatic rings. The van der Waals surface area contributed by atoms with Crippen LogP contribution < -0.4 is 4.72 Å². The van der Waals surface area contributed by atoms with Gasteiger partial charge in [-0.25, -0.2) is 13.1 Å². The van der Waals surface area contributed by atoms with E-state index in [1.807, 2.05) is 30.3 Å². The Hall–Kier alpha value is -0.910. The summed E-state index contributed by atoms with van der Waals surface area (Å²) in [5.41, 5.74) is 1.01. The van der Waals surface area contributed by atoms with E-state index in [0.29, 0.717) is 13.0 Å². The highest BCUT2D eigenvalue weighted by Crippen LogP contribution is 2.29. The number of rotatable bonds is 3. The van der Waals surface area contributed by atoms with Crippen molar-refractivity contribution in [2.24, 2.45) is 0 Å². The molecule has 2 rings (SSSR count). The molecule has 2 unspecified atom stereocenters. The van der Waals surface area contributed by atoms with Crippen molar-refractivity contribution in [3.05, 3.63) is 35.9 Å². The molecule has 1 N–H and O–H groups in total. The molecular weight excluding hydrogens is 226 g/mol. The topological polar surface area (TPSA) is 55.4 Å². The fourth-order valence-corrected chi connectivity index (χ4v) is 2.75. The molecule has 1 heterocycles. The van der Waals surface area contributed by atoms with E-state index in [1.54, 1.807) is 0 Å². The highest BCUT2D eigenvalue weighted by Gasteiger charge is 2.31. The lowest BCUT2D eigenvalue weighted by Crippen LogP contribution is -2.35. The predicted molar refractivity (Wildman–Crippen MR) is 61.5 cm³/mol. The third-order valence-electron chi connectivity index (χ3n) is 2.59. The summed E-state index contributed by atoms with van der Waals surface area (Å²) in [6.45, 7) is 0.590. The molecule has 0 aliphatic carbocycles. The number of hydrogen-bond donors (Lipinski definition) is 1. The van der Waals surface area contributed by atoms with Crippen molar-refractivity contribution in [3.63, 3.8) is 0 Å². The van der Waals surface area contributed by atoms with Gasteiger partial charge < -0.3 is 4.74 Å². The minimum Gasteiger partial charge on any atom is -0.372 e. The van der Waals surface area contributed by atoms with Crippen LogP contribution >= 0.6 is 0 Å². The van der Waals surface area contributed by atoms with Crippen molar-refractivity contribution in [2.45, 2.75) is 18.6 Å². The maximum Gasteiger partial charge on any atom is 0.209 e. The van der Waals surface area contributed by atoms with Crippen molar-refractivity contribution in [3.8, 4) is 0 Å². The van der Waals surface area contributed by atoms with Crippen LogP contribution in [0.15, 0.2) is 30.3 Å². The fourth-order valence-electron chi connectivity index (χ4n) is 1.96. The number of hydrogen-bond acceptors (Lipinski definition) is 3. The molecule has 1 fully saturated rings. The molecule has 1 aromatic carbocycles. The summed E-state index contributed by atoms with van der Waals surface area (Å²) in [5.74, 6) is 0. The normalized spacial score (nSPS) is 25.8. The molecule has 0 radical (unpaired) electrons. The maximum atomic E-state index is 11.2. The molecule has 4 nitrogen and oxygen atoms in total. The van der Waals surface area contributed by atoms with Crippen LogP contribution in [0.25, 0.3) is 0 Å². The fraction of sp³-hybridized carbons (Fsp3) is 0.455. The molecule has 0 spiro atoms. The van der Waals surface area contributed by atoms with E-state index < -0.39 is 10.0 Å². The quantitative estimate of drug-likeness (QED) is 0.861. The van der Waals surface area contributed by atoms with Crippen molar-refractivity contribution < 1.29 is 13.2 Å². The van der Waals surface area contributed by atoms with E-state index in [-0.39, 0.29) is 12.1 Å². The van der Waals surface area contributed by atoms with Crippen molar-refractivity contribution >= 4 is 10.0 Å². The third-order valence-corrected chi connectivity index (χ3v) is 3.32. The molecule has 0 amide bonds. The molecule has 16 heavy (non-hydrogen) atoms. The standard InChI is InChI=1S/C11H15NO3S/c1-16(13,14)12-10-7-8-15-11(10)9-5-3-2-4-6-9/h2-6,10-12H,7-8H2,1H3. The largest absolute Gasteiger partial charge is 0.372 e. The first-order valence-electron chi connectivity index (χ1n) is 5.20. The predicted octanol–water partition coefficient (Wildman–Crippen LogP) is 1.07. The molecule has 1 saturated heterocycles.